The molecule has 3 aliphatic heterocycles. The Morgan fingerprint density at radius 2 is 1.74 bits per heavy atom. The molecule has 0 amide bonds. The molecule has 168 valence electrons. The van der Waals surface area contributed by atoms with Gasteiger partial charge in [-0.05, 0) is 38.5 Å². The van der Waals surface area contributed by atoms with Crippen molar-refractivity contribution in [3.63, 3.8) is 0 Å². The summed E-state index contributed by atoms with van der Waals surface area (Å²) in [4.78, 5) is 16.5. The van der Waals surface area contributed by atoms with Crippen molar-refractivity contribution >= 4 is 5.97 Å². The van der Waals surface area contributed by atoms with Crippen LogP contribution in [-0.2, 0) is 20.8 Å². The van der Waals surface area contributed by atoms with Gasteiger partial charge >= 0.3 is 5.97 Å². The summed E-state index contributed by atoms with van der Waals surface area (Å²) >= 11 is 0. The predicted octanol–water partition coefficient (Wildman–Crippen LogP) is 0.495. The van der Waals surface area contributed by atoms with E-state index in [0.29, 0.717) is 17.8 Å². The van der Waals surface area contributed by atoms with Gasteiger partial charge in [-0.1, -0.05) is 37.3 Å². The van der Waals surface area contributed by atoms with Gasteiger partial charge in [-0.15, -0.1) is 0 Å². The van der Waals surface area contributed by atoms with Crippen molar-refractivity contribution in [2.45, 2.75) is 63.4 Å². The zero-order chi connectivity index (χ0) is 21.2. The second-order valence-corrected chi connectivity index (χ2v) is 11.4. The van der Waals surface area contributed by atoms with Crippen molar-refractivity contribution in [3.8, 4) is 0 Å². The van der Waals surface area contributed by atoms with Crippen LogP contribution in [0.4, 0.5) is 0 Å². The number of carbonyl (C=O) groups excluding carboxylic acids is 1. The van der Waals surface area contributed by atoms with Gasteiger partial charge in [-0.3, -0.25) is 4.79 Å². The van der Waals surface area contributed by atoms with Gasteiger partial charge in [-0.2, -0.15) is 0 Å². The molecule has 0 aromatic heterocycles. The van der Waals surface area contributed by atoms with E-state index in [1.807, 2.05) is 0 Å². The summed E-state index contributed by atoms with van der Waals surface area (Å²) in [6, 6.07) is 10.8. The molecule has 3 heterocycles. The molecule has 0 bridgehead atoms. The molecule has 5 fully saturated rings. The highest BCUT2D eigenvalue weighted by molar-refractivity contribution is 5.77. The number of hydrogen-bond acceptors (Lipinski definition) is 3. The van der Waals surface area contributed by atoms with Crippen LogP contribution in [0.3, 0.4) is 0 Å². The third-order valence-corrected chi connectivity index (χ3v) is 9.56. The first-order chi connectivity index (χ1) is 15.0. The Kier molecular flexibility index (Phi) is 4.75. The molecule has 2 aliphatic carbocycles. The van der Waals surface area contributed by atoms with Crippen LogP contribution in [0.15, 0.2) is 30.3 Å². The third-order valence-electron chi connectivity index (χ3n) is 9.56. The molecule has 31 heavy (non-hydrogen) atoms. The first-order valence-electron chi connectivity index (χ1n) is 12.6. The minimum absolute atomic E-state index is 0.0414. The average molecular weight is 427 g/mol. The van der Waals surface area contributed by atoms with E-state index in [4.69, 9.17) is 9.47 Å². The molecule has 5 heteroatoms. The number of rotatable bonds is 4. The van der Waals surface area contributed by atoms with E-state index in [1.54, 1.807) is 9.80 Å². The van der Waals surface area contributed by atoms with E-state index in [2.05, 4.69) is 44.2 Å². The Bertz CT molecular complexity index is 838. The number of epoxide rings is 1. The van der Waals surface area contributed by atoms with Gasteiger partial charge in [0, 0.05) is 17.4 Å². The largest absolute Gasteiger partial charge is 0.455 e. The molecule has 1 aromatic rings. The maximum absolute atomic E-state index is 13.2. The summed E-state index contributed by atoms with van der Waals surface area (Å²) in [5.41, 5.74) is 1.06. The standard InChI is InChI=1S/C26H36N2O3/c1-18-8-9-22-20(23(29)30-26(22)21(18)10-11-25(2)24(26)31-25)17-28-14-12-27(13-15-28)16-19-6-4-3-5-7-19/h3-7,18,20-22,24H,8-17H2,1-2H3/p+2/t18-,20+,21-,22+,24+,25+,26+/m0/s1. The quantitative estimate of drug-likeness (QED) is 0.544. The SMILES string of the molecule is C[C@H]1CC[C@@H]2[C@@H](C[NH+]3CC[NH+](Cc4ccccc4)CC3)C(=O)O[C@]23[C@H]1CC[C@@]1(C)O[C@@H]31. The van der Waals surface area contributed by atoms with E-state index in [-0.39, 0.29) is 29.2 Å². The van der Waals surface area contributed by atoms with Crippen molar-refractivity contribution in [1.82, 2.24) is 0 Å². The van der Waals surface area contributed by atoms with Gasteiger partial charge in [-0.25, -0.2) is 0 Å². The highest BCUT2D eigenvalue weighted by Crippen LogP contribution is 2.66. The fourth-order valence-corrected chi connectivity index (χ4v) is 7.82. The predicted molar refractivity (Wildman–Crippen MR) is 117 cm³/mol. The lowest BCUT2D eigenvalue weighted by Gasteiger charge is -2.50. The van der Waals surface area contributed by atoms with E-state index >= 15 is 0 Å². The zero-order valence-corrected chi connectivity index (χ0v) is 19.1. The van der Waals surface area contributed by atoms with E-state index < -0.39 is 0 Å². The Hall–Kier alpha value is -1.43. The summed E-state index contributed by atoms with van der Waals surface area (Å²) in [6.07, 6.45) is 4.78. The Morgan fingerprint density at radius 1 is 1.00 bits per heavy atom. The number of nitrogens with one attached hydrogen (secondary N) is 2. The highest BCUT2D eigenvalue weighted by atomic mass is 16.7. The second-order valence-electron chi connectivity index (χ2n) is 11.4. The van der Waals surface area contributed by atoms with E-state index in [1.165, 1.54) is 25.1 Å². The first-order valence-corrected chi connectivity index (χ1v) is 12.6. The number of benzene rings is 1. The molecule has 0 unspecified atom stereocenters. The summed E-state index contributed by atoms with van der Waals surface area (Å²) in [5.74, 6) is 1.62. The molecule has 7 atom stereocenters. The summed E-state index contributed by atoms with van der Waals surface area (Å²) < 4.78 is 12.7. The van der Waals surface area contributed by atoms with Gasteiger partial charge < -0.3 is 19.3 Å². The van der Waals surface area contributed by atoms with Gasteiger partial charge in [0.05, 0.1) is 12.1 Å². The average Bonchev–Trinajstić information content (AvgIpc) is 3.40. The lowest BCUT2D eigenvalue weighted by Crippen LogP contribution is -3.27. The number of hydrogen-bond donors (Lipinski definition) is 2. The van der Waals surface area contributed by atoms with Gasteiger partial charge in [0.2, 0.25) is 0 Å². The molecular formula is C26H38N2O3+2. The number of fused-ring (bicyclic) bond motifs is 1. The maximum atomic E-state index is 13.2. The van der Waals surface area contributed by atoms with Crippen LogP contribution >= 0.6 is 0 Å². The van der Waals surface area contributed by atoms with E-state index in [9.17, 15) is 4.79 Å². The van der Waals surface area contributed by atoms with Gasteiger partial charge in [0.25, 0.3) is 0 Å². The van der Waals surface area contributed by atoms with Crippen LogP contribution in [0, 0.1) is 23.7 Å². The van der Waals surface area contributed by atoms with Crippen LogP contribution in [0.2, 0.25) is 0 Å². The molecule has 2 N–H and O–H groups in total. The number of quaternary nitrogens is 2. The Morgan fingerprint density at radius 3 is 2.52 bits per heavy atom. The van der Waals surface area contributed by atoms with Crippen molar-refractivity contribution in [3.05, 3.63) is 35.9 Å². The fourth-order valence-electron chi connectivity index (χ4n) is 7.82. The zero-order valence-electron chi connectivity index (χ0n) is 19.1. The van der Waals surface area contributed by atoms with Crippen LogP contribution in [0.1, 0.15) is 45.1 Å². The normalized spacial score (nSPS) is 48.3. The molecule has 0 radical (unpaired) electrons. The monoisotopic (exact) mass is 426 g/mol. The lowest BCUT2D eigenvalue weighted by atomic mass is 9.55. The van der Waals surface area contributed by atoms with Crippen molar-refractivity contribution in [2.24, 2.45) is 23.7 Å². The third kappa shape index (κ3) is 3.19. The molecule has 2 saturated carbocycles. The minimum Gasteiger partial charge on any atom is -0.455 e. The minimum atomic E-state index is -0.327. The Balaban J connectivity index is 1.13. The number of carbonyl (C=O) groups is 1. The highest BCUT2D eigenvalue weighted by Gasteiger charge is 2.77. The summed E-state index contributed by atoms with van der Waals surface area (Å²) in [5, 5.41) is 0. The molecule has 6 rings (SSSR count). The molecule has 1 spiro atoms. The van der Waals surface area contributed by atoms with Gasteiger partial charge in [0.1, 0.15) is 50.3 Å². The molecular weight excluding hydrogens is 388 g/mol. The van der Waals surface area contributed by atoms with Crippen molar-refractivity contribution in [2.75, 3.05) is 32.7 Å². The number of piperazine rings is 1. The van der Waals surface area contributed by atoms with Crippen LogP contribution in [-0.4, -0.2) is 56.0 Å². The maximum Gasteiger partial charge on any atom is 0.315 e. The lowest BCUT2D eigenvalue weighted by molar-refractivity contribution is -1.02. The summed E-state index contributed by atoms with van der Waals surface area (Å²) in [6.45, 7) is 11.4. The van der Waals surface area contributed by atoms with Crippen molar-refractivity contribution in [1.29, 1.82) is 0 Å². The van der Waals surface area contributed by atoms with Crippen LogP contribution < -0.4 is 9.80 Å². The smallest absolute Gasteiger partial charge is 0.315 e. The Labute approximate surface area is 186 Å². The first kappa shape index (κ1) is 20.2. The van der Waals surface area contributed by atoms with Crippen molar-refractivity contribution < 1.29 is 24.1 Å². The van der Waals surface area contributed by atoms with Crippen LogP contribution in [0.25, 0.3) is 0 Å². The van der Waals surface area contributed by atoms with Crippen LogP contribution in [0.5, 0.6) is 0 Å². The second kappa shape index (κ2) is 7.29. The molecule has 5 nitrogen and oxygen atoms in total. The number of ether oxygens (including phenoxy) is 2. The topological polar surface area (TPSA) is 47.7 Å². The molecule has 1 aromatic carbocycles. The summed E-state index contributed by atoms with van der Waals surface area (Å²) in [7, 11) is 0. The van der Waals surface area contributed by atoms with E-state index in [0.717, 1.165) is 45.4 Å². The fraction of sp³-hybridized carbons (Fsp3) is 0.731. The molecule has 5 aliphatic rings. The number of esters is 1. The molecule has 3 saturated heterocycles. The van der Waals surface area contributed by atoms with Gasteiger partial charge in [0.15, 0.2) is 0 Å².